The van der Waals surface area contributed by atoms with Gasteiger partial charge in [-0.1, -0.05) is 6.07 Å². The third-order valence-corrected chi connectivity index (χ3v) is 3.45. The van der Waals surface area contributed by atoms with E-state index in [9.17, 15) is 4.79 Å². The number of hydrogen-bond acceptors (Lipinski definition) is 4. The van der Waals surface area contributed by atoms with Gasteiger partial charge in [0.15, 0.2) is 11.5 Å². The molecule has 0 atom stereocenters. The van der Waals surface area contributed by atoms with E-state index in [1.54, 1.807) is 23.6 Å². The first-order valence-electron chi connectivity index (χ1n) is 4.96. The van der Waals surface area contributed by atoms with Gasteiger partial charge in [0.2, 0.25) is 6.79 Å². The first kappa shape index (κ1) is 10.2. The van der Waals surface area contributed by atoms with Crippen molar-refractivity contribution in [3.8, 4) is 22.6 Å². The second kappa shape index (κ2) is 3.78. The smallest absolute Gasteiger partial charge is 0.346 e. The lowest BCUT2D eigenvalue weighted by molar-refractivity contribution is 0.0703. The highest BCUT2D eigenvalue weighted by Crippen LogP contribution is 2.37. The van der Waals surface area contributed by atoms with Crippen LogP contribution in [0.4, 0.5) is 0 Å². The van der Waals surface area contributed by atoms with Gasteiger partial charge in [0.25, 0.3) is 0 Å². The van der Waals surface area contributed by atoms with Crippen molar-refractivity contribution in [1.82, 2.24) is 0 Å². The first-order chi connectivity index (χ1) is 8.25. The molecule has 3 rings (SSSR count). The lowest BCUT2D eigenvalue weighted by atomic mass is 10.1. The molecule has 2 aromatic rings. The lowest BCUT2D eigenvalue weighted by Crippen LogP contribution is -1.94. The molecular formula is C12H8O4S. The van der Waals surface area contributed by atoms with E-state index in [0.717, 1.165) is 5.56 Å². The molecule has 0 spiro atoms. The standard InChI is InChI=1S/C12H8O4S/c13-12(14)11-8(3-4-17-11)7-1-2-9-10(5-7)16-6-15-9/h1-5H,6H2,(H,13,14). The minimum atomic E-state index is -0.910. The Bertz CT molecular complexity index is 588. The zero-order valence-corrected chi connectivity index (χ0v) is 9.49. The van der Waals surface area contributed by atoms with E-state index >= 15 is 0 Å². The molecule has 1 aromatic heterocycles. The van der Waals surface area contributed by atoms with Gasteiger partial charge in [-0.25, -0.2) is 4.79 Å². The number of aromatic carboxylic acids is 1. The maximum atomic E-state index is 11.0. The molecule has 0 saturated carbocycles. The fraction of sp³-hybridized carbons (Fsp3) is 0.0833. The van der Waals surface area contributed by atoms with Crippen molar-refractivity contribution in [3.63, 3.8) is 0 Å². The monoisotopic (exact) mass is 248 g/mol. The van der Waals surface area contributed by atoms with Crippen LogP contribution in [0.2, 0.25) is 0 Å². The van der Waals surface area contributed by atoms with Crippen molar-refractivity contribution in [2.75, 3.05) is 6.79 Å². The number of benzene rings is 1. The summed E-state index contributed by atoms with van der Waals surface area (Å²) in [7, 11) is 0. The molecule has 2 heterocycles. The van der Waals surface area contributed by atoms with Crippen LogP contribution >= 0.6 is 11.3 Å². The largest absolute Gasteiger partial charge is 0.477 e. The van der Waals surface area contributed by atoms with Crippen molar-refractivity contribution < 1.29 is 19.4 Å². The molecular weight excluding hydrogens is 240 g/mol. The lowest BCUT2D eigenvalue weighted by Gasteiger charge is -2.02. The molecule has 0 radical (unpaired) electrons. The van der Waals surface area contributed by atoms with E-state index in [0.29, 0.717) is 21.9 Å². The van der Waals surface area contributed by atoms with Crippen LogP contribution in [0.15, 0.2) is 29.6 Å². The Morgan fingerprint density at radius 1 is 1.24 bits per heavy atom. The molecule has 0 amide bonds. The highest BCUT2D eigenvalue weighted by atomic mass is 32.1. The van der Waals surface area contributed by atoms with E-state index < -0.39 is 5.97 Å². The number of hydrogen-bond donors (Lipinski definition) is 1. The SMILES string of the molecule is O=C(O)c1sccc1-c1ccc2c(c1)OCO2. The average Bonchev–Trinajstić information content (AvgIpc) is 2.96. The Labute approximate surface area is 101 Å². The third-order valence-electron chi connectivity index (χ3n) is 2.54. The molecule has 1 aliphatic heterocycles. The van der Waals surface area contributed by atoms with Gasteiger partial charge < -0.3 is 14.6 Å². The quantitative estimate of drug-likeness (QED) is 0.887. The molecule has 1 aromatic carbocycles. The summed E-state index contributed by atoms with van der Waals surface area (Å²) in [5, 5.41) is 10.8. The topological polar surface area (TPSA) is 55.8 Å². The van der Waals surface area contributed by atoms with Crippen LogP contribution in [0, 0.1) is 0 Å². The molecule has 0 aliphatic carbocycles. The minimum absolute atomic E-state index is 0.216. The van der Waals surface area contributed by atoms with E-state index in [1.165, 1.54) is 11.3 Å². The van der Waals surface area contributed by atoms with E-state index in [-0.39, 0.29) is 6.79 Å². The van der Waals surface area contributed by atoms with Gasteiger partial charge in [-0.15, -0.1) is 11.3 Å². The zero-order valence-electron chi connectivity index (χ0n) is 8.67. The zero-order chi connectivity index (χ0) is 11.8. The van der Waals surface area contributed by atoms with Crippen LogP contribution in [0.25, 0.3) is 11.1 Å². The Morgan fingerprint density at radius 2 is 2.06 bits per heavy atom. The second-order valence-corrected chi connectivity index (χ2v) is 4.45. The summed E-state index contributed by atoms with van der Waals surface area (Å²) >= 11 is 1.21. The number of carboxylic acid groups (broad SMARTS) is 1. The molecule has 0 saturated heterocycles. The minimum Gasteiger partial charge on any atom is -0.477 e. The number of carbonyl (C=O) groups is 1. The molecule has 5 heteroatoms. The second-order valence-electron chi connectivity index (χ2n) is 3.54. The number of rotatable bonds is 2. The summed E-state index contributed by atoms with van der Waals surface area (Å²) in [4.78, 5) is 11.4. The molecule has 4 nitrogen and oxygen atoms in total. The summed E-state index contributed by atoms with van der Waals surface area (Å²) in [6, 6.07) is 7.23. The maximum Gasteiger partial charge on any atom is 0.346 e. The predicted octanol–water partition coefficient (Wildman–Crippen LogP) is 2.84. The molecule has 86 valence electrons. The van der Waals surface area contributed by atoms with Crippen molar-refractivity contribution in [1.29, 1.82) is 0 Å². The molecule has 17 heavy (non-hydrogen) atoms. The van der Waals surface area contributed by atoms with Crippen LogP contribution in [0.3, 0.4) is 0 Å². The van der Waals surface area contributed by atoms with E-state index in [4.69, 9.17) is 14.6 Å². The van der Waals surface area contributed by atoms with Crippen molar-refractivity contribution >= 4 is 17.3 Å². The van der Waals surface area contributed by atoms with Gasteiger partial charge in [-0.2, -0.15) is 0 Å². The van der Waals surface area contributed by atoms with Crippen molar-refractivity contribution in [3.05, 3.63) is 34.5 Å². The van der Waals surface area contributed by atoms with Crippen LogP contribution in [0.5, 0.6) is 11.5 Å². The summed E-state index contributed by atoms with van der Waals surface area (Å²) in [6.45, 7) is 0.216. The van der Waals surface area contributed by atoms with Crippen molar-refractivity contribution in [2.45, 2.75) is 0 Å². The predicted molar refractivity (Wildman–Crippen MR) is 62.8 cm³/mol. The van der Waals surface area contributed by atoms with E-state index in [2.05, 4.69) is 0 Å². The molecule has 0 unspecified atom stereocenters. The Hall–Kier alpha value is -2.01. The van der Waals surface area contributed by atoms with E-state index in [1.807, 2.05) is 6.07 Å². The van der Waals surface area contributed by atoms with Gasteiger partial charge in [-0.05, 0) is 29.1 Å². The summed E-state index contributed by atoms with van der Waals surface area (Å²) < 4.78 is 10.5. The van der Waals surface area contributed by atoms with Gasteiger partial charge in [0, 0.05) is 5.56 Å². The Balaban J connectivity index is 2.09. The molecule has 1 aliphatic rings. The van der Waals surface area contributed by atoms with Gasteiger partial charge in [-0.3, -0.25) is 0 Å². The fourth-order valence-electron chi connectivity index (χ4n) is 1.77. The molecule has 0 fully saturated rings. The first-order valence-corrected chi connectivity index (χ1v) is 5.84. The van der Waals surface area contributed by atoms with Crippen LogP contribution in [0.1, 0.15) is 9.67 Å². The fourth-order valence-corrected chi connectivity index (χ4v) is 2.52. The van der Waals surface area contributed by atoms with Gasteiger partial charge >= 0.3 is 5.97 Å². The van der Waals surface area contributed by atoms with Crippen molar-refractivity contribution in [2.24, 2.45) is 0 Å². The Morgan fingerprint density at radius 3 is 2.88 bits per heavy atom. The van der Waals surface area contributed by atoms with Crippen LogP contribution in [-0.2, 0) is 0 Å². The normalized spacial score (nSPS) is 12.7. The van der Waals surface area contributed by atoms with Crippen LogP contribution < -0.4 is 9.47 Å². The molecule has 0 bridgehead atoms. The Kier molecular flexibility index (Phi) is 2.26. The maximum absolute atomic E-state index is 11.0. The molecule has 1 N–H and O–H groups in total. The summed E-state index contributed by atoms with van der Waals surface area (Å²) in [5.41, 5.74) is 1.54. The number of ether oxygens (including phenoxy) is 2. The average molecular weight is 248 g/mol. The highest BCUT2D eigenvalue weighted by Gasteiger charge is 2.17. The van der Waals surface area contributed by atoms with Gasteiger partial charge in [0.1, 0.15) is 4.88 Å². The number of thiophene rings is 1. The summed E-state index contributed by atoms with van der Waals surface area (Å²) in [5.74, 6) is 0.443. The van der Waals surface area contributed by atoms with Crippen LogP contribution in [-0.4, -0.2) is 17.9 Å². The summed E-state index contributed by atoms with van der Waals surface area (Å²) in [6.07, 6.45) is 0. The van der Waals surface area contributed by atoms with Gasteiger partial charge in [0.05, 0.1) is 0 Å². The number of fused-ring (bicyclic) bond motifs is 1. The third kappa shape index (κ3) is 1.64. The highest BCUT2D eigenvalue weighted by molar-refractivity contribution is 7.12. The number of carboxylic acids is 1.